The van der Waals surface area contributed by atoms with Crippen molar-refractivity contribution in [1.82, 2.24) is 14.9 Å². The predicted octanol–water partition coefficient (Wildman–Crippen LogP) is 1.33. The van der Waals surface area contributed by atoms with E-state index in [2.05, 4.69) is 9.97 Å². The highest BCUT2D eigenvalue weighted by Gasteiger charge is 2.33. The van der Waals surface area contributed by atoms with Gasteiger partial charge in [0.2, 0.25) is 0 Å². The number of hydrogen-bond donors (Lipinski definition) is 0. The number of morpholine rings is 1. The molecule has 1 aromatic heterocycles. The molecule has 2 heterocycles. The van der Waals surface area contributed by atoms with Crippen molar-refractivity contribution in [3.8, 4) is 6.01 Å². The first-order chi connectivity index (χ1) is 8.97. The van der Waals surface area contributed by atoms with E-state index in [0.717, 1.165) is 6.20 Å². The number of halogens is 3. The van der Waals surface area contributed by atoms with Gasteiger partial charge >= 0.3 is 18.3 Å². The number of rotatable bonds is 1. The standard InChI is InChI=1S/C10H10F3N3O3/c11-10(12,13)7-1-2-14-8(15-7)19-9(17)16-3-5-18-6-4-16/h1-2H,3-6H2. The number of carbonyl (C=O) groups excluding carboxylic acids is 1. The topological polar surface area (TPSA) is 64.5 Å². The number of aromatic nitrogens is 2. The van der Waals surface area contributed by atoms with E-state index >= 15 is 0 Å². The molecule has 104 valence electrons. The number of ether oxygens (including phenoxy) is 2. The van der Waals surface area contributed by atoms with Crippen LogP contribution in [-0.2, 0) is 10.9 Å². The lowest BCUT2D eigenvalue weighted by atomic mass is 10.4. The maximum atomic E-state index is 12.4. The molecule has 0 atom stereocenters. The molecule has 0 saturated carbocycles. The Morgan fingerprint density at radius 1 is 1.37 bits per heavy atom. The van der Waals surface area contributed by atoms with Crippen LogP contribution in [0.3, 0.4) is 0 Å². The molecular formula is C10H10F3N3O3. The van der Waals surface area contributed by atoms with E-state index in [-0.39, 0.29) is 0 Å². The Bertz CT molecular complexity index is 461. The lowest BCUT2D eigenvalue weighted by Gasteiger charge is -2.25. The number of alkyl halides is 3. The maximum absolute atomic E-state index is 12.4. The van der Waals surface area contributed by atoms with Crippen molar-refractivity contribution in [2.75, 3.05) is 26.3 Å². The van der Waals surface area contributed by atoms with E-state index in [0.29, 0.717) is 32.4 Å². The number of nitrogens with zero attached hydrogens (tertiary/aromatic N) is 3. The van der Waals surface area contributed by atoms with Crippen LogP contribution in [-0.4, -0.2) is 47.3 Å². The van der Waals surface area contributed by atoms with Crippen LogP contribution in [0.1, 0.15) is 5.69 Å². The second kappa shape index (κ2) is 5.39. The Morgan fingerprint density at radius 2 is 2.05 bits per heavy atom. The zero-order chi connectivity index (χ0) is 13.9. The van der Waals surface area contributed by atoms with Crippen molar-refractivity contribution in [2.45, 2.75) is 6.18 Å². The molecule has 0 bridgehead atoms. The van der Waals surface area contributed by atoms with Crippen molar-refractivity contribution in [1.29, 1.82) is 0 Å². The minimum absolute atomic E-state index is 0.317. The molecule has 0 aliphatic carbocycles. The second-order valence-corrected chi connectivity index (χ2v) is 3.69. The minimum atomic E-state index is -4.61. The molecule has 1 aliphatic rings. The van der Waals surface area contributed by atoms with E-state index in [1.54, 1.807) is 0 Å². The van der Waals surface area contributed by atoms with E-state index in [1.165, 1.54) is 4.90 Å². The minimum Gasteiger partial charge on any atom is -0.378 e. The first-order valence-corrected chi connectivity index (χ1v) is 5.41. The SMILES string of the molecule is O=C(Oc1nccc(C(F)(F)F)n1)N1CCOCC1. The first-order valence-electron chi connectivity index (χ1n) is 5.41. The smallest absolute Gasteiger partial charge is 0.378 e. The summed E-state index contributed by atoms with van der Waals surface area (Å²) in [6, 6.07) is 0.0813. The summed E-state index contributed by atoms with van der Waals surface area (Å²) >= 11 is 0. The van der Waals surface area contributed by atoms with Crippen molar-refractivity contribution in [2.24, 2.45) is 0 Å². The molecule has 19 heavy (non-hydrogen) atoms. The van der Waals surface area contributed by atoms with Crippen LogP contribution in [0.15, 0.2) is 12.3 Å². The highest BCUT2D eigenvalue weighted by molar-refractivity contribution is 5.69. The molecule has 1 aromatic rings. The van der Waals surface area contributed by atoms with Crippen molar-refractivity contribution < 1.29 is 27.4 Å². The average molecular weight is 277 g/mol. The molecule has 0 N–H and O–H groups in total. The summed E-state index contributed by atoms with van der Waals surface area (Å²) in [5.41, 5.74) is -1.16. The van der Waals surface area contributed by atoms with E-state index < -0.39 is 24.0 Å². The molecule has 6 nitrogen and oxygen atoms in total. The summed E-state index contributed by atoms with van der Waals surface area (Å²) < 4.78 is 46.9. The fourth-order valence-corrected chi connectivity index (χ4v) is 1.44. The summed E-state index contributed by atoms with van der Waals surface area (Å²) in [6.07, 6.45) is -4.51. The van der Waals surface area contributed by atoms with Gasteiger partial charge in [-0.25, -0.2) is 9.78 Å². The molecular weight excluding hydrogens is 267 g/mol. The van der Waals surface area contributed by atoms with Gasteiger partial charge in [-0.2, -0.15) is 18.2 Å². The van der Waals surface area contributed by atoms with Gasteiger partial charge in [0.15, 0.2) is 5.69 Å². The molecule has 0 unspecified atom stereocenters. The third-order valence-corrected chi connectivity index (χ3v) is 2.37. The predicted molar refractivity (Wildman–Crippen MR) is 55.5 cm³/mol. The Balaban J connectivity index is 2.04. The van der Waals surface area contributed by atoms with Gasteiger partial charge < -0.3 is 14.4 Å². The van der Waals surface area contributed by atoms with Crippen molar-refractivity contribution in [3.05, 3.63) is 18.0 Å². The van der Waals surface area contributed by atoms with Gasteiger partial charge in [-0.15, -0.1) is 0 Å². The van der Waals surface area contributed by atoms with Crippen LogP contribution >= 0.6 is 0 Å². The molecule has 0 aromatic carbocycles. The molecule has 1 fully saturated rings. The van der Waals surface area contributed by atoms with Crippen LogP contribution in [0.4, 0.5) is 18.0 Å². The molecule has 9 heteroatoms. The molecule has 1 saturated heterocycles. The number of carbonyl (C=O) groups is 1. The van der Waals surface area contributed by atoms with Gasteiger partial charge in [0.05, 0.1) is 13.2 Å². The summed E-state index contributed by atoms with van der Waals surface area (Å²) in [7, 11) is 0. The molecule has 0 spiro atoms. The van der Waals surface area contributed by atoms with Gasteiger partial charge in [0.1, 0.15) is 0 Å². The van der Waals surface area contributed by atoms with E-state index in [4.69, 9.17) is 9.47 Å². The van der Waals surface area contributed by atoms with E-state index in [1.807, 2.05) is 0 Å². The van der Waals surface area contributed by atoms with Crippen molar-refractivity contribution >= 4 is 6.09 Å². The van der Waals surface area contributed by atoms with Gasteiger partial charge in [-0.1, -0.05) is 0 Å². The summed E-state index contributed by atoms with van der Waals surface area (Å²) in [4.78, 5) is 19.5. The fraction of sp³-hybridized carbons (Fsp3) is 0.500. The third-order valence-electron chi connectivity index (χ3n) is 2.37. The molecule has 0 radical (unpaired) electrons. The van der Waals surface area contributed by atoms with Crippen LogP contribution < -0.4 is 4.74 Å². The van der Waals surface area contributed by atoms with Gasteiger partial charge in [-0.05, 0) is 6.07 Å². The Hall–Kier alpha value is -1.90. The molecule has 1 amide bonds. The molecule has 2 rings (SSSR count). The fourth-order valence-electron chi connectivity index (χ4n) is 1.44. The summed E-state index contributed by atoms with van der Waals surface area (Å²) in [6.45, 7) is 1.35. The highest BCUT2D eigenvalue weighted by atomic mass is 19.4. The van der Waals surface area contributed by atoms with Crippen LogP contribution in [0.2, 0.25) is 0 Å². The van der Waals surface area contributed by atoms with Crippen LogP contribution in [0.5, 0.6) is 6.01 Å². The lowest BCUT2D eigenvalue weighted by Crippen LogP contribution is -2.42. The largest absolute Gasteiger partial charge is 0.433 e. The van der Waals surface area contributed by atoms with Crippen LogP contribution in [0.25, 0.3) is 0 Å². The first kappa shape index (κ1) is 13.5. The monoisotopic (exact) mass is 277 g/mol. The molecule has 1 aliphatic heterocycles. The quantitative estimate of drug-likeness (QED) is 0.774. The zero-order valence-corrected chi connectivity index (χ0v) is 9.68. The van der Waals surface area contributed by atoms with Crippen molar-refractivity contribution in [3.63, 3.8) is 0 Å². The second-order valence-electron chi connectivity index (χ2n) is 3.69. The highest BCUT2D eigenvalue weighted by Crippen LogP contribution is 2.27. The van der Waals surface area contributed by atoms with Gasteiger partial charge in [0, 0.05) is 19.3 Å². The normalized spacial score (nSPS) is 16.3. The lowest BCUT2D eigenvalue weighted by molar-refractivity contribution is -0.141. The summed E-state index contributed by atoms with van der Waals surface area (Å²) in [5, 5.41) is 0. The Labute approximate surface area is 106 Å². The Kier molecular flexibility index (Phi) is 3.84. The van der Waals surface area contributed by atoms with Gasteiger partial charge in [-0.3, -0.25) is 0 Å². The van der Waals surface area contributed by atoms with Gasteiger partial charge in [0.25, 0.3) is 0 Å². The van der Waals surface area contributed by atoms with Crippen LogP contribution in [0, 0.1) is 0 Å². The van der Waals surface area contributed by atoms with E-state index in [9.17, 15) is 18.0 Å². The average Bonchev–Trinajstić information content (AvgIpc) is 2.39. The zero-order valence-electron chi connectivity index (χ0n) is 9.68. The number of hydrogen-bond acceptors (Lipinski definition) is 5. The maximum Gasteiger partial charge on any atom is 0.433 e. The Morgan fingerprint density at radius 3 is 2.68 bits per heavy atom. The number of amides is 1. The summed E-state index contributed by atoms with van der Waals surface area (Å²) in [5.74, 6) is 0. The third kappa shape index (κ3) is 3.53.